The third kappa shape index (κ3) is 4.20. The zero-order valence-corrected chi connectivity index (χ0v) is 15.1. The SMILES string of the molecule is CC(C)Oc1ccc(C(=O)N2CCN(C(=O)c3ccncc3)CC2)cc1. The summed E-state index contributed by atoms with van der Waals surface area (Å²) in [4.78, 5) is 32.6. The molecule has 1 aliphatic rings. The van der Waals surface area contributed by atoms with Crippen molar-refractivity contribution in [2.45, 2.75) is 20.0 Å². The molecule has 1 aromatic carbocycles. The molecule has 136 valence electrons. The van der Waals surface area contributed by atoms with Gasteiger partial charge in [-0.25, -0.2) is 0 Å². The predicted molar refractivity (Wildman–Crippen MR) is 98.3 cm³/mol. The van der Waals surface area contributed by atoms with Crippen molar-refractivity contribution in [3.8, 4) is 5.75 Å². The van der Waals surface area contributed by atoms with Crippen LogP contribution in [0.1, 0.15) is 34.6 Å². The molecule has 0 radical (unpaired) electrons. The zero-order chi connectivity index (χ0) is 18.5. The molecule has 0 saturated carbocycles. The van der Waals surface area contributed by atoms with Gasteiger partial charge in [-0.15, -0.1) is 0 Å². The smallest absolute Gasteiger partial charge is 0.254 e. The van der Waals surface area contributed by atoms with E-state index in [-0.39, 0.29) is 17.9 Å². The van der Waals surface area contributed by atoms with E-state index in [1.165, 1.54) is 0 Å². The lowest BCUT2D eigenvalue weighted by atomic mass is 10.1. The van der Waals surface area contributed by atoms with E-state index in [9.17, 15) is 9.59 Å². The van der Waals surface area contributed by atoms with Gasteiger partial charge < -0.3 is 14.5 Å². The van der Waals surface area contributed by atoms with Crippen molar-refractivity contribution in [1.29, 1.82) is 0 Å². The quantitative estimate of drug-likeness (QED) is 0.847. The van der Waals surface area contributed by atoms with Crippen LogP contribution >= 0.6 is 0 Å². The minimum atomic E-state index is -0.0188. The highest BCUT2D eigenvalue weighted by atomic mass is 16.5. The monoisotopic (exact) mass is 353 g/mol. The summed E-state index contributed by atoms with van der Waals surface area (Å²) in [7, 11) is 0. The van der Waals surface area contributed by atoms with Crippen LogP contribution in [0.15, 0.2) is 48.8 Å². The van der Waals surface area contributed by atoms with Crippen LogP contribution in [-0.2, 0) is 0 Å². The summed E-state index contributed by atoms with van der Waals surface area (Å²) in [6.07, 6.45) is 3.32. The van der Waals surface area contributed by atoms with Crippen LogP contribution in [0.3, 0.4) is 0 Å². The number of rotatable bonds is 4. The number of carbonyl (C=O) groups is 2. The number of hydrogen-bond donors (Lipinski definition) is 0. The summed E-state index contributed by atoms with van der Waals surface area (Å²) in [5, 5.41) is 0. The van der Waals surface area contributed by atoms with Gasteiger partial charge >= 0.3 is 0 Å². The van der Waals surface area contributed by atoms with Gasteiger partial charge in [0.05, 0.1) is 6.10 Å². The molecule has 6 nitrogen and oxygen atoms in total. The summed E-state index contributed by atoms with van der Waals surface area (Å²) in [6.45, 7) is 6.04. The van der Waals surface area contributed by atoms with Crippen LogP contribution in [0.4, 0.5) is 0 Å². The van der Waals surface area contributed by atoms with Gasteiger partial charge in [0.2, 0.25) is 0 Å². The number of nitrogens with zero attached hydrogens (tertiary/aromatic N) is 3. The predicted octanol–water partition coefficient (Wildman–Crippen LogP) is 2.47. The third-order valence-electron chi connectivity index (χ3n) is 4.25. The Bertz CT molecular complexity index is 752. The molecule has 3 rings (SSSR count). The normalized spacial score (nSPS) is 14.4. The van der Waals surface area contributed by atoms with Gasteiger partial charge in [0.1, 0.15) is 5.75 Å². The second-order valence-corrected chi connectivity index (χ2v) is 6.51. The molecule has 1 fully saturated rings. The number of aromatic nitrogens is 1. The Hall–Kier alpha value is -2.89. The van der Waals surface area contributed by atoms with E-state index < -0.39 is 0 Å². The number of piperazine rings is 1. The first-order valence-corrected chi connectivity index (χ1v) is 8.80. The standard InChI is InChI=1S/C20H23N3O3/c1-15(2)26-18-5-3-16(4-6-18)19(24)22-11-13-23(14-12-22)20(25)17-7-9-21-10-8-17/h3-10,15H,11-14H2,1-2H3. The maximum Gasteiger partial charge on any atom is 0.254 e. The molecular formula is C20H23N3O3. The molecule has 0 aliphatic carbocycles. The molecular weight excluding hydrogens is 330 g/mol. The van der Waals surface area contributed by atoms with Crippen LogP contribution in [0.25, 0.3) is 0 Å². The molecule has 2 heterocycles. The number of benzene rings is 1. The Morgan fingerprint density at radius 3 is 1.77 bits per heavy atom. The van der Waals surface area contributed by atoms with E-state index in [2.05, 4.69) is 4.98 Å². The molecule has 1 saturated heterocycles. The van der Waals surface area contributed by atoms with Crippen molar-refractivity contribution in [3.05, 3.63) is 59.9 Å². The van der Waals surface area contributed by atoms with Crippen molar-refractivity contribution in [3.63, 3.8) is 0 Å². The van der Waals surface area contributed by atoms with Crippen LogP contribution in [0.5, 0.6) is 5.75 Å². The lowest BCUT2D eigenvalue weighted by molar-refractivity contribution is 0.0535. The van der Waals surface area contributed by atoms with Gasteiger partial charge in [-0.2, -0.15) is 0 Å². The van der Waals surface area contributed by atoms with Crippen LogP contribution in [-0.4, -0.2) is 58.9 Å². The topological polar surface area (TPSA) is 62.7 Å². The summed E-state index contributed by atoms with van der Waals surface area (Å²) in [5.41, 5.74) is 1.26. The Morgan fingerprint density at radius 2 is 1.31 bits per heavy atom. The minimum Gasteiger partial charge on any atom is -0.491 e. The van der Waals surface area contributed by atoms with Gasteiger partial charge in [-0.1, -0.05) is 0 Å². The summed E-state index contributed by atoms with van der Waals surface area (Å²) >= 11 is 0. The van der Waals surface area contributed by atoms with Crippen molar-refractivity contribution >= 4 is 11.8 Å². The maximum absolute atomic E-state index is 12.7. The lowest BCUT2D eigenvalue weighted by Gasteiger charge is -2.34. The van der Waals surface area contributed by atoms with Gasteiger partial charge in [-0.3, -0.25) is 14.6 Å². The maximum atomic E-state index is 12.7. The second kappa shape index (κ2) is 7.99. The van der Waals surface area contributed by atoms with Crippen molar-refractivity contribution in [2.24, 2.45) is 0 Å². The van der Waals surface area contributed by atoms with Gasteiger partial charge in [0.25, 0.3) is 11.8 Å². The Morgan fingerprint density at radius 1 is 0.846 bits per heavy atom. The highest BCUT2D eigenvalue weighted by Gasteiger charge is 2.25. The number of ether oxygens (including phenoxy) is 1. The largest absolute Gasteiger partial charge is 0.491 e. The minimum absolute atomic E-state index is 0.0166. The Labute approximate surface area is 153 Å². The van der Waals surface area contributed by atoms with E-state index in [0.29, 0.717) is 37.3 Å². The van der Waals surface area contributed by atoms with Crippen molar-refractivity contribution in [2.75, 3.05) is 26.2 Å². The molecule has 0 bridgehead atoms. The second-order valence-electron chi connectivity index (χ2n) is 6.51. The number of hydrogen-bond acceptors (Lipinski definition) is 4. The van der Waals surface area contributed by atoms with Crippen LogP contribution in [0.2, 0.25) is 0 Å². The first kappa shape index (κ1) is 17.9. The number of carbonyl (C=O) groups excluding carboxylic acids is 2. The highest BCUT2D eigenvalue weighted by Crippen LogP contribution is 2.16. The van der Waals surface area contributed by atoms with E-state index >= 15 is 0 Å². The molecule has 0 atom stereocenters. The van der Waals surface area contributed by atoms with Gasteiger partial charge in [0, 0.05) is 49.7 Å². The summed E-state index contributed by atoms with van der Waals surface area (Å²) < 4.78 is 5.60. The van der Waals surface area contributed by atoms with Gasteiger partial charge in [0.15, 0.2) is 0 Å². The number of amides is 2. The first-order chi connectivity index (χ1) is 12.5. The molecule has 6 heteroatoms. The molecule has 2 amide bonds. The van der Waals surface area contributed by atoms with E-state index in [1.54, 1.807) is 46.5 Å². The van der Waals surface area contributed by atoms with Crippen LogP contribution in [0, 0.1) is 0 Å². The van der Waals surface area contributed by atoms with Crippen molar-refractivity contribution < 1.29 is 14.3 Å². The fourth-order valence-electron chi connectivity index (χ4n) is 2.92. The number of pyridine rings is 1. The summed E-state index contributed by atoms with van der Waals surface area (Å²) in [5.74, 6) is 0.719. The average molecular weight is 353 g/mol. The highest BCUT2D eigenvalue weighted by molar-refractivity contribution is 5.96. The van der Waals surface area contributed by atoms with Gasteiger partial charge in [-0.05, 0) is 50.2 Å². The molecule has 0 unspecified atom stereocenters. The lowest BCUT2D eigenvalue weighted by Crippen LogP contribution is -2.50. The molecule has 0 N–H and O–H groups in total. The summed E-state index contributed by atoms with van der Waals surface area (Å²) in [6, 6.07) is 10.6. The average Bonchev–Trinajstić information content (AvgIpc) is 2.68. The molecule has 26 heavy (non-hydrogen) atoms. The fraction of sp³-hybridized carbons (Fsp3) is 0.350. The zero-order valence-electron chi connectivity index (χ0n) is 15.1. The Balaban J connectivity index is 1.57. The first-order valence-electron chi connectivity index (χ1n) is 8.80. The Kier molecular flexibility index (Phi) is 5.51. The van der Waals surface area contributed by atoms with E-state index in [1.807, 2.05) is 26.0 Å². The molecule has 1 aromatic heterocycles. The van der Waals surface area contributed by atoms with Crippen molar-refractivity contribution in [1.82, 2.24) is 14.8 Å². The molecule has 2 aromatic rings. The van der Waals surface area contributed by atoms with Crippen LogP contribution < -0.4 is 4.74 Å². The van der Waals surface area contributed by atoms with E-state index in [4.69, 9.17) is 4.74 Å². The fourth-order valence-corrected chi connectivity index (χ4v) is 2.92. The third-order valence-corrected chi connectivity index (χ3v) is 4.25. The van der Waals surface area contributed by atoms with E-state index in [0.717, 1.165) is 5.75 Å². The molecule has 1 aliphatic heterocycles. The molecule has 0 spiro atoms.